The fourth-order valence-corrected chi connectivity index (χ4v) is 3.27. The van der Waals surface area contributed by atoms with E-state index in [0.29, 0.717) is 0 Å². The molecule has 0 radical (unpaired) electrons. The summed E-state index contributed by atoms with van der Waals surface area (Å²) in [5.74, 6) is 0. The Balaban J connectivity index is 1.73. The Bertz CT molecular complexity index is 715. The van der Waals surface area contributed by atoms with Crippen LogP contribution in [0.5, 0.6) is 0 Å². The first kappa shape index (κ1) is 16.8. The van der Waals surface area contributed by atoms with Crippen molar-refractivity contribution in [3.63, 3.8) is 0 Å². The monoisotopic (exact) mass is 320 g/mol. The molecule has 2 nitrogen and oxygen atoms in total. The highest BCUT2D eigenvalue weighted by atomic mass is 15.1. The molecule has 2 heteroatoms. The van der Waals surface area contributed by atoms with Crippen molar-refractivity contribution in [3.05, 3.63) is 59.2 Å². The highest BCUT2D eigenvalue weighted by Gasteiger charge is 2.14. The minimum atomic E-state index is 0.185. The minimum absolute atomic E-state index is 0.185. The van der Waals surface area contributed by atoms with E-state index in [1.165, 1.54) is 42.7 Å². The zero-order valence-electron chi connectivity index (χ0n) is 15.3. The number of aliphatic imine (C=N–C) groups is 1. The van der Waals surface area contributed by atoms with E-state index in [2.05, 4.69) is 80.1 Å². The summed E-state index contributed by atoms with van der Waals surface area (Å²) in [5, 5.41) is 0. The summed E-state index contributed by atoms with van der Waals surface area (Å²) in [6.45, 7) is 11.3. The predicted molar refractivity (Wildman–Crippen MR) is 105 cm³/mol. The van der Waals surface area contributed by atoms with Gasteiger partial charge in [0.1, 0.15) is 0 Å². The van der Waals surface area contributed by atoms with Crippen molar-refractivity contribution < 1.29 is 0 Å². The highest BCUT2D eigenvalue weighted by molar-refractivity contribution is 5.83. The van der Waals surface area contributed by atoms with Crippen LogP contribution in [0.4, 0.5) is 11.4 Å². The van der Waals surface area contributed by atoms with Crippen LogP contribution in [0.2, 0.25) is 0 Å². The van der Waals surface area contributed by atoms with Gasteiger partial charge < -0.3 is 4.90 Å². The molecule has 1 aliphatic rings. The van der Waals surface area contributed by atoms with E-state index in [-0.39, 0.29) is 5.41 Å². The molecule has 0 amide bonds. The second-order valence-electron chi connectivity index (χ2n) is 7.80. The highest BCUT2D eigenvalue weighted by Crippen LogP contribution is 2.26. The average molecular weight is 320 g/mol. The third-order valence-electron chi connectivity index (χ3n) is 4.76. The molecule has 0 aromatic heterocycles. The van der Waals surface area contributed by atoms with Crippen molar-refractivity contribution in [2.24, 2.45) is 4.99 Å². The van der Waals surface area contributed by atoms with Crippen LogP contribution in [-0.4, -0.2) is 19.3 Å². The largest absolute Gasteiger partial charge is 0.371 e. The van der Waals surface area contributed by atoms with Crippen molar-refractivity contribution in [3.8, 4) is 0 Å². The first-order chi connectivity index (χ1) is 11.4. The molecule has 0 bridgehead atoms. The molecule has 1 heterocycles. The van der Waals surface area contributed by atoms with E-state index < -0.39 is 0 Å². The van der Waals surface area contributed by atoms with Gasteiger partial charge in [0.2, 0.25) is 0 Å². The molecule has 0 N–H and O–H groups in total. The van der Waals surface area contributed by atoms with E-state index in [9.17, 15) is 0 Å². The van der Waals surface area contributed by atoms with Crippen LogP contribution in [0, 0.1) is 6.92 Å². The minimum Gasteiger partial charge on any atom is -0.371 e. The fourth-order valence-electron chi connectivity index (χ4n) is 3.27. The SMILES string of the molecule is Cc1cc(C=Nc2ccc(C(C)(C)C)cc2)ccc1N1CCCC1. The molecule has 1 saturated heterocycles. The number of hydrogen-bond donors (Lipinski definition) is 0. The van der Waals surface area contributed by atoms with E-state index in [4.69, 9.17) is 0 Å². The molecule has 24 heavy (non-hydrogen) atoms. The quantitative estimate of drug-likeness (QED) is 0.668. The van der Waals surface area contributed by atoms with Crippen molar-refractivity contribution in [1.82, 2.24) is 0 Å². The summed E-state index contributed by atoms with van der Waals surface area (Å²) in [7, 11) is 0. The van der Waals surface area contributed by atoms with Crippen molar-refractivity contribution >= 4 is 17.6 Å². The summed E-state index contributed by atoms with van der Waals surface area (Å²) >= 11 is 0. The van der Waals surface area contributed by atoms with E-state index >= 15 is 0 Å². The van der Waals surface area contributed by atoms with Gasteiger partial charge in [-0.2, -0.15) is 0 Å². The van der Waals surface area contributed by atoms with Gasteiger partial charge in [-0.25, -0.2) is 0 Å². The number of hydrogen-bond acceptors (Lipinski definition) is 2. The van der Waals surface area contributed by atoms with Gasteiger partial charge in [-0.05, 0) is 66.1 Å². The molecular weight excluding hydrogens is 292 g/mol. The molecule has 0 atom stereocenters. The topological polar surface area (TPSA) is 15.6 Å². The van der Waals surface area contributed by atoms with Crippen molar-refractivity contribution in [2.45, 2.75) is 46.0 Å². The maximum atomic E-state index is 4.63. The third kappa shape index (κ3) is 3.87. The molecule has 0 saturated carbocycles. The number of benzene rings is 2. The third-order valence-corrected chi connectivity index (χ3v) is 4.76. The van der Waals surface area contributed by atoms with Crippen LogP contribution in [0.1, 0.15) is 50.3 Å². The summed E-state index contributed by atoms with van der Waals surface area (Å²) in [4.78, 5) is 7.12. The lowest BCUT2D eigenvalue weighted by Gasteiger charge is -2.20. The molecule has 0 spiro atoms. The molecule has 1 aliphatic heterocycles. The van der Waals surface area contributed by atoms with Crippen LogP contribution < -0.4 is 4.90 Å². The fraction of sp³-hybridized carbons (Fsp3) is 0.409. The lowest BCUT2D eigenvalue weighted by Crippen LogP contribution is -2.18. The number of anilines is 1. The van der Waals surface area contributed by atoms with Gasteiger partial charge in [-0.15, -0.1) is 0 Å². The Morgan fingerprint density at radius 3 is 2.21 bits per heavy atom. The summed E-state index contributed by atoms with van der Waals surface area (Å²) in [6.07, 6.45) is 4.59. The Morgan fingerprint density at radius 2 is 1.62 bits per heavy atom. The Hall–Kier alpha value is -2.09. The Morgan fingerprint density at radius 1 is 0.958 bits per heavy atom. The van der Waals surface area contributed by atoms with Crippen LogP contribution in [-0.2, 0) is 5.41 Å². The maximum absolute atomic E-state index is 4.63. The van der Waals surface area contributed by atoms with Gasteiger partial charge >= 0.3 is 0 Å². The smallest absolute Gasteiger partial charge is 0.0630 e. The molecule has 2 aromatic rings. The summed E-state index contributed by atoms with van der Waals surface area (Å²) in [5.41, 5.74) is 6.40. The standard InChI is InChI=1S/C22H28N2/c1-17-15-18(7-12-21(17)24-13-5-6-14-24)16-23-20-10-8-19(9-11-20)22(2,3)4/h7-12,15-16H,5-6,13-14H2,1-4H3. The lowest BCUT2D eigenvalue weighted by atomic mass is 9.87. The Kier molecular flexibility index (Phi) is 4.75. The number of nitrogens with zero attached hydrogens (tertiary/aromatic N) is 2. The molecule has 2 aromatic carbocycles. The zero-order valence-corrected chi connectivity index (χ0v) is 15.3. The average Bonchev–Trinajstić information content (AvgIpc) is 3.07. The van der Waals surface area contributed by atoms with E-state index in [1.54, 1.807) is 0 Å². The van der Waals surface area contributed by atoms with Crippen LogP contribution in [0.15, 0.2) is 47.5 Å². The van der Waals surface area contributed by atoms with Gasteiger partial charge in [0.25, 0.3) is 0 Å². The summed E-state index contributed by atoms with van der Waals surface area (Å²) < 4.78 is 0. The normalized spacial score (nSPS) is 15.4. The summed E-state index contributed by atoms with van der Waals surface area (Å²) in [6, 6.07) is 15.2. The molecule has 3 rings (SSSR count). The van der Waals surface area contributed by atoms with E-state index in [0.717, 1.165) is 11.3 Å². The molecule has 126 valence electrons. The Labute approximate surface area is 146 Å². The van der Waals surface area contributed by atoms with Crippen LogP contribution >= 0.6 is 0 Å². The van der Waals surface area contributed by atoms with Gasteiger partial charge in [-0.1, -0.05) is 39.0 Å². The van der Waals surface area contributed by atoms with Crippen molar-refractivity contribution in [2.75, 3.05) is 18.0 Å². The maximum Gasteiger partial charge on any atom is 0.0630 e. The van der Waals surface area contributed by atoms with Gasteiger partial charge in [0, 0.05) is 25.0 Å². The molecular formula is C22H28N2. The lowest BCUT2D eigenvalue weighted by molar-refractivity contribution is 0.590. The van der Waals surface area contributed by atoms with Gasteiger partial charge in [0.05, 0.1) is 5.69 Å². The zero-order chi connectivity index (χ0) is 17.2. The van der Waals surface area contributed by atoms with Gasteiger partial charge in [-0.3, -0.25) is 4.99 Å². The first-order valence-corrected chi connectivity index (χ1v) is 8.94. The van der Waals surface area contributed by atoms with Crippen LogP contribution in [0.3, 0.4) is 0 Å². The van der Waals surface area contributed by atoms with E-state index in [1.807, 2.05) is 6.21 Å². The first-order valence-electron chi connectivity index (χ1n) is 8.94. The second-order valence-corrected chi connectivity index (χ2v) is 7.80. The molecule has 0 aliphatic carbocycles. The second kappa shape index (κ2) is 6.80. The predicted octanol–water partition coefficient (Wildman–Crippen LogP) is 5.64. The molecule has 0 unspecified atom stereocenters. The number of rotatable bonds is 3. The van der Waals surface area contributed by atoms with Gasteiger partial charge in [0.15, 0.2) is 0 Å². The number of aryl methyl sites for hydroxylation is 1. The van der Waals surface area contributed by atoms with Crippen LogP contribution in [0.25, 0.3) is 0 Å². The van der Waals surface area contributed by atoms with Crippen molar-refractivity contribution in [1.29, 1.82) is 0 Å². The molecule has 1 fully saturated rings.